The molecule has 0 radical (unpaired) electrons. The van der Waals surface area contributed by atoms with Crippen LogP contribution in [-0.2, 0) is 0 Å². The first-order valence-electron chi connectivity index (χ1n) is 5.12. The molecule has 5 heteroatoms. The fraction of sp³-hybridized carbons (Fsp3) is 0. The van der Waals surface area contributed by atoms with Crippen LogP contribution in [0.2, 0.25) is 0 Å². The Labute approximate surface area is 118 Å². The van der Waals surface area contributed by atoms with Crippen molar-refractivity contribution >= 4 is 39.7 Å². The number of nitrogen functional groups attached to an aromatic ring is 1. The maximum atomic E-state index is 13.5. The van der Waals surface area contributed by atoms with Gasteiger partial charge in [-0.1, -0.05) is 12.1 Å². The molecule has 90 valence electrons. The van der Waals surface area contributed by atoms with Gasteiger partial charge in [-0.15, -0.1) is 0 Å². The molecule has 2 aromatic carbocycles. The van der Waals surface area contributed by atoms with Crippen molar-refractivity contribution in [2.24, 2.45) is 0 Å². The molecule has 0 aliphatic carbocycles. The van der Waals surface area contributed by atoms with Gasteiger partial charge in [0.1, 0.15) is 11.9 Å². The van der Waals surface area contributed by atoms with Crippen LogP contribution in [0.4, 0.5) is 21.5 Å². The summed E-state index contributed by atoms with van der Waals surface area (Å²) in [5.74, 6) is -0.346. The molecule has 0 fully saturated rings. The predicted octanol–water partition coefficient (Wildman–Crippen LogP) is 3.63. The number of benzene rings is 2. The minimum absolute atomic E-state index is 0.346. The molecule has 0 saturated carbocycles. The SMILES string of the molecule is N#Cc1ccccc1Nc1cc(F)c(I)cc1N. The minimum Gasteiger partial charge on any atom is -0.397 e. The van der Waals surface area contributed by atoms with Gasteiger partial charge in [0, 0.05) is 6.07 Å². The van der Waals surface area contributed by atoms with Crippen LogP contribution in [0.5, 0.6) is 0 Å². The Morgan fingerprint density at radius 1 is 1.22 bits per heavy atom. The molecule has 18 heavy (non-hydrogen) atoms. The first-order valence-corrected chi connectivity index (χ1v) is 6.20. The number of nitrogens with two attached hydrogens (primary N) is 1. The van der Waals surface area contributed by atoms with Gasteiger partial charge in [-0.2, -0.15) is 5.26 Å². The molecule has 0 aromatic heterocycles. The van der Waals surface area contributed by atoms with Crippen molar-refractivity contribution in [2.45, 2.75) is 0 Å². The van der Waals surface area contributed by atoms with Crippen molar-refractivity contribution < 1.29 is 4.39 Å². The Hall–Kier alpha value is -1.81. The zero-order valence-electron chi connectivity index (χ0n) is 9.24. The van der Waals surface area contributed by atoms with Crippen LogP contribution >= 0.6 is 22.6 Å². The maximum Gasteiger partial charge on any atom is 0.138 e. The molecule has 2 aromatic rings. The van der Waals surface area contributed by atoms with E-state index in [2.05, 4.69) is 11.4 Å². The summed E-state index contributed by atoms with van der Waals surface area (Å²) >= 11 is 1.88. The van der Waals surface area contributed by atoms with Crippen LogP contribution < -0.4 is 11.1 Å². The van der Waals surface area contributed by atoms with Gasteiger partial charge < -0.3 is 11.1 Å². The summed E-state index contributed by atoms with van der Waals surface area (Å²) in [6.07, 6.45) is 0. The monoisotopic (exact) mass is 353 g/mol. The molecule has 3 nitrogen and oxygen atoms in total. The van der Waals surface area contributed by atoms with Crippen LogP contribution in [0.3, 0.4) is 0 Å². The standard InChI is InChI=1S/C13H9FIN3/c14-9-5-13(11(17)6-10(9)15)18-12-4-2-1-3-8(12)7-16/h1-6,18H,17H2. The number of nitriles is 1. The normalized spacial score (nSPS) is 9.83. The topological polar surface area (TPSA) is 61.8 Å². The molecular formula is C13H9FIN3. The van der Waals surface area contributed by atoms with Crippen molar-refractivity contribution in [3.63, 3.8) is 0 Å². The van der Waals surface area contributed by atoms with E-state index in [1.165, 1.54) is 6.07 Å². The highest BCUT2D eigenvalue weighted by atomic mass is 127. The summed E-state index contributed by atoms with van der Waals surface area (Å²) in [6, 6.07) is 11.9. The summed E-state index contributed by atoms with van der Waals surface area (Å²) in [4.78, 5) is 0. The fourth-order valence-corrected chi connectivity index (χ4v) is 2.00. The molecule has 0 aliphatic rings. The highest BCUT2D eigenvalue weighted by Gasteiger charge is 2.08. The Bertz CT molecular complexity index is 635. The Morgan fingerprint density at radius 2 is 1.94 bits per heavy atom. The van der Waals surface area contributed by atoms with Crippen LogP contribution in [0, 0.1) is 20.7 Å². The summed E-state index contributed by atoms with van der Waals surface area (Å²) in [5, 5.41) is 11.9. The van der Waals surface area contributed by atoms with E-state index in [-0.39, 0.29) is 5.82 Å². The average molecular weight is 353 g/mol. The van der Waals surface area contributed by atoms with Crippen LogP contribution in [0.25, 0.3) is 0 Å². The molecule has 0 bridgehead atoms. The van der Waals surface area contributed by atoms with Gasteiger partial charge in [0.2, 0.25) is 0 Å². The van der Waals surface area contributed by atoms with Gasteiger partial charge in [0.15, 0.2) is 0 Å². The van der Waals surface area contributed by atoms with Gasteiger partial charge in [-0.25, -0.2) is 4.39 Å². The van der Waals surface area contributed by atoms with Gasteiger partial charge in [-0.3, -0.25) is 0 Å². The molecule has 0 saturated heterocycles. The smallest absolute Gasteiger partial charge is 0.138 e. The molecule has 0 spiro atoms. The Kier molecular flexibility index (Phi) is 3.67. The third-order valence-corrected chi connectivity index (χ3v) is 3.24. The number of hydrogen-bond donors (Lipinski definition) is 2. The molecule has 0 unspecified atom stereocenters. The largest absolute Gasteiger partial charge is 0.397 e. The number of para-hydroxylation sites is 1. The molecule has 2 rings (SSSR count). The van der Waals surface area contributed by atoms with Gasteiger partial charge >= 0.3 is 0 Å². The lowest BCUT2D eigenvalue weighted by Crippen LogP contribution is -2.00. The summed E-state index contributed by atoms with van der Waals surface area (Å²) < 4.78 is 13.9. The van der Waals surface area contributed by atoms with Crippen LogP contribution in [-0.4, -0.2) is 0 Å². The number of anilines is 3. The molecule has 0 amide bonds. The van der Waals surface area contributed by atoms with Gasteiger partial charge in [0.25, 0.3) is 0 Å². The number of nitrogens with zero attached hydrogens (tertiary/aromatic N) is 1. The molecule has 3 N–H and O–H groups in total. The lowest BCUT2D eigenvalue weighted by molar-refractivity contribution is 0.621. The quantitative estimate of drug-likeness (QED) is 0.640. The number of rotatable bonds is 2. The molecule has 0 heterocycles. The first kappa shape index (κ1) is 12.6. The third kappa shape index (κ3) is 2.54. The zero-order chi connectivity index (χ0) is 13.1. The Balaban J connectivity index is 2.41. The summed E-state index contributed by atoms with van der Waals surface area (Å²) in [7, 11) is 0. The second kappa shape index (κ2) is 5.23. The van der Waals surface area contributed by atoms with E-state index in [0.717, 1.165) is 0 Å². The van der Waals surface area contributed by atoms with E-state index in [4.69, 9.17) is 11.0 Å². The highest BCUT2D eigenvalue weighted by molar-refractivity contribution is 14.1. The van der Waals surface area contributed by atoms with E-state index < -0.39 is 0 Å². The van der Waals surface area contributed by atoms with E-state index in [9.17, 15) is 4.39 Å². The fourth-order valence-electron chi connectivity index (χ4n) is 1.51. The van der Waals surface area contributed by atoms with Crippen LogP contribution in [0.1, 0.15) is 5.56 Å². The van der Waals surface area contributed by atoms with Crippen molar-refractivity contribution in [2.75, 3.05) is 11.1 Å². The second-order valence-electron chi connectivity index (χ2n) is 3.64. The van der Waals surface area contributed by atoms with Gasteiger partial charge in [-0.05, 0) is 40.8 Å². The highest BCUT2D eigenvalue weighted by Crippen LogP contribution is 2.28. The molecule has 0 atom stereocenters. The third-order valence-electron chi connectivity index (χ3n) is 2.41. The first-order chi connectivity index (χ1) is 8.61. The van der Waals surface area contributed by atoms with E-state index in [1.807, 2.05) is 22.6 Å². The number of nitrogens with one attached hydrogen (secondary N) is 1. The summed E-state index contributed by atoms with van der Waals surface area (Å²) in [5.41, 5.74) is 7.79. The van der Waals surface area contributed by atoms with E-state index >= 15 is 0 Å². The Morgan fingerprint density at radius 3 is 2.67 bits per heavy atom. The average Bonchev–Trinajstić information content (AvgIpc) is 2.36. The molecular weight excluding hydrogens is 344 g/mol. The lowest BCUT2D eigenvalue weighted by Gasteiger charge is -2.11. The second-order valence-corrected chi connectivity index (χ2v) is 4.80. The van der Waals surface area contributed by atoms with Gasteiger partial charge in [0.05, 0.1) is 26.2 Å². The van der Waals surface area contributed by atoms with Crippen molar-refractivity contribution in [3.8, 4) is 6.07 Å². The van der Waals surface area contributed by atoms with Crippen LogP contribution in [0.15, 0.2) is 36.4 Å². The van der Waals surface area contributed by atoms with Crippen molar-refractivity contribution in [1.82, 2.24) is 0 Å². The number of halogens is 2. The number of hydrogen-bond acceptors (Lipinski definition) is 3. The van der Waals surface area contributed by atoms with Crippen molar-refractivity contribution in [3.05, 3.63) is 51.3 Å². The zero-order valence-corrected chi connectivity index (χ0v) is 11.4. The predicted molar refractivity (Wildman–Crippen MR) is 78.0 cm³/mol. The van der Waals surface area contributed by atoms with E-state index in [1.54, 1.807) is 30.3 Å². The minimum atomic E-state index is -0.346. The van der Waals surface area contributed by atoms with Crippen molar-refractivity contribution in [1.29, 1.82) is 5.26 Å². The molecule has 0 aliphatic heterocycles. The lowest BCUT2D eigenvalue weighted by atomic mass is 10.2. The van der Waals surface area contributed by atoms with E-state index in [0.29, 0.717) is 26.2 Å². The maximum absolute atomic E-state index is 13.5. The summed E-state index contributed by atoms with van der Waals surface area (Å²) in [6.45, 7) is 0.